The fourth-order valence-electron chi connectivity index (χ4n) is 0.728. The van der Waals surface area contributed by atoms with Gasteiger partial charge in [0.2, 0.25) is 0 Å². The van der Waals surface area contributed by atoms with Gasteiger partial charge in [-0.1, -0.05) is 5.92 Å². The molecular formula is C9H7N3O. The van der Waals surface area contributed by atoms with Crippen molar-refractivity contribution in [3.63, 3.8) is 0 Å². The number of pyridine rings is 1. The van der Waals surface area contributed by atoms with Crippen molar-refractivity contribution >= 4 is 5.69 Å². The summed E-state index contributed by atoms with van der Waals surface area (Å²) in [5.41, 5.74) is 3.54. The molecule has 0 saturated carbocycles. The molecule has 1 aromatic heterocycles. The molecular weight excluding hydrogens is 166 g/mol. The lowest BCUT2D eigenvalue weighted by Crippen LogP contribution is -2.02. The fraction of sp³-hybridized carbons (Fsp3) is 0.111. The van der Waals surface area contributed by atoms with E-state index in [9.17, 15) is 0 Å². The molecule has 4 heteroatoms. The highest BCUT2D eigenvalue weighted by Gasteiger charge is 1.98. The second-order valence-corrected chi connectivity index (χ2v) is 2.13. The molecule has 0 aromatic carbocycles. The third-order valence-corrected chi connectivity index (χ3v) is 1.28. The zero-order valence-corrected chi connectivity index (χ0v) is 6.82. The van der Waals surface area contributed by atoms with Crippen molar-refractivity contribution in [1.82, 2.24) is 4.98 Å². The lowest BCUT2D eigenvalue weighted by Gasteiger charge is -2.04. The summed E-state index contributed by atoms with van der Waals surface area (Å²) in [4.78, 5) is 8.63. The minimum atomic E-state index is 0.146. The van der Waals surface area contributed by atoms with Crippen molar-refractivity contribution in [2.45, 2.75) is 0 Å². The van der Waals surface area contributed by atoms with Crippen molar-refractivity contribution in [3.05, 3.63) is 24.0 Å². The highest BCUT2D eigenvalue weighted by Crippen LogP contribution is 2.11. The van der Waals surface area contributed by atoms with Gasteiger partial charge >= 0.3 is 0 Å². The molecule has 0 aliphatic rings. The summed E-state index contributed by atoms with van der Waals surface area (Å²) in [5.74, 6) is 2.29. The Kier molecular flexibility index (Phi) is 3.31. The molecule has 0 amide bonds. The molecule has 0 atom stereocenters. The number of nitrogens with one attached hydrogen (secondary N) is 1. The number of rotatable bonds is 3. The number of nitrogens with zero attached hydrogens (tertiary/aromatic N) is 2. The third kappa shape index (κ3) is 2.48. The van der Waals surface area contributed by atoms with Crippen LogP contribution in [0.15, 0.2) is 18.5 Å². The van der Waals surface area contributed by atoms with Crippen molar-refractivity contribution in [2.75, 3.05) is 12.1 Å². The van der Waals surface area contributed by atoms with Crippen LogP contribution in [0.25, 0.3) is 0 Å². The smallest absolute Gasteiger partial charge is 0.135 e. The molecule has 1 heterocycles. The van der Waals surface area contributed by atoms with Crippen LogP contribution in [0, 0.1) is 23.7 Å². The Morgan fingerprint density at radius 3 is 3.23 bits per heavy atom. The van der Waals surface area contributed by atoms with E-state index in [-0.39, 0.29) is 6.61 Å². The Balaban J connectivity index is 2.67. The fourth-order valence-corrected chi connectivity index (χ4v) is 0.728. The minimum absolute atomic E-state index is 0.146. The van der Waals surface area contributed by atoms with Gasteiger partial charge in [0.15, 0.2) is 0 Å². The van der Waals surface area contributed by atoms with Gasteiger partial charge in [0, 0.05) is 12.4 Å². The predicted octanol–water partition coefficient (Wildman–Crippen LogP) is 0.930. The average molecular weight is 173 g/mol. The standard InChI is InChI=1S/C9H7N3O/c1-2-5-13-12-9-3-4-11-7-8(9)6-10/h1,3-4,7H,5H2,(H,11,12). The Morgan fingerprint density at radius 2 is 2.54 bits per heavy atom. The summed E-state index contributed by atoms with van der Waals surface area (Å²) in [6, 6.07) is 3.60. The number of hydrogen-bond acceptors (Lipinski definition) is 4. The first kappa shape index (κ1) is 9.05. The molecule has 4 nitrogen and oxygen atoms in total. The van der Waals surface area contributed by atoms with Gasteiger partial charge in [-0.3, -0.25) is 15.3 Å². The lowest BCUT2D eigenvalue weighted by atomic mass is 10.3. The summed E-state index contributed by atoms with van der Waals surface area (Å²) in [7, 11) is 0. The van der Waals surface area contributed by atoms with E-state index in [0.29, 0.717) is 11.3 Å². The minimum Gasteiger partial charge on any atom is -0.265 e. The Labute approximate surface area is 76.1 Å². The zero-order chi connectivity index (χ0) is 9.52. The number of anilines is 1. The van der Waals surface area contributed by atoms with Gasteiger partial charge in [0.05, 0.1) is 11.3 Å². The largest absolute Gasteiger partial charge is 0.265 e. The Hall–Kier alpha value is -2.04. The monoisotopic (exact) mass is 173 g/mol. The van der Waals surface area contributed by atoms with Gasteiger partial charge in [-0.15, -0.1) is 6.42 Å². The van der Waals surface area contributed by atoms with E-state index in [0.717, 1.165) is 0 Å². The highest BCUT2D eigenvalue weighted by atomic mass is 16.6. The van der Waals surface area contributed by atoms with E-state index in [2.05, 4.69) is 16.4 Å². The molecule has 0 bridgehead atoms. The van der Waals surface area contributed by atoms with Crippen molar-refractivity contribution in [1.29, 1.82) is 5.26 Å². The van der Waals surface area contributed by atoms with E-state index in [4.69, 9.17) is 16.5 Å². The van der Waals surface area contributed by atoms with Crippen molar-refractivity contribution in [3.8, 4) is 18.4 Å². The number of hydrogen-bond donors (Lipinski definition) is 1. The van der Waals surface area contributed by atoms with Crippen LogP contribution in [0.2, 0.25) is 0 Å². The van der Waals surface area contributed by atoms with E-state index >= 15 is 0 Å². The molecule has 0 aliphatic heterocycles. The molecule has 0 aliphatic carbocycles. The van der Waals surface area contributed by atoms with Crippen LogP contribution in [0.3, 0.4) is 0 Å². The van der Waals surface area contributed by atoms with E-state index < -0.39 is 0 Å². The van der Waals surface area contributed by atoms with Crippen LogP contribution in [0.4, 0.5) is 5.69 Å². The normalized spacial score (nSPS) is 8.46. The summed E-state index contributed by atoms with van der Waals surface area (Å²) in [6.07, 6.45) is 7.97. The maximum Gasteiger partial charge on any atom is 0.135 e. The number of nitriles is 1. The quantitative estimate of drug-likeness (QED) is 0.419. The van der Waals surface area contributed by atoms with Crippen molar-refractivity contribution < 1.29 is 4.84 Å². The van der Waals surface area contributed by atoms with Crippen molar-refractivity contribution in [2.24, 2.45) is 0 Å². The maximum atomic E-state index is 8.65. The average Bonchev–Trinajstić information content (AvgIpc) is 2.19. The van der Waals surface area contributed by atoms with Gasteiger partial charge in [0.25, 0.3) is 0 Å². The molecule has 0 spiro atoms. The lowest BCUT2D eigenvalue weighted by molar-refractivity contribution is 0.234. The molecule has 0 radical (unpaired) electrons. The van der Waals surface area contributed by atoms with Gasteiger partial charge in [-0.05, 0) is 6.07 Å². The van der Waals surface area contributed by atoms with E-state index in [1.165, 1.54) is 6.20 Å². The molecule has 1 aromatic rings. The van der Waals surface area contributed by atoms with E-state index in [1.54, 1.807) is 12.3 Å². The van der Waals surface area contributed by atoms with Crippen LogP contribution < -0.4 is 5.48 Å². The first-order chi connectivity index (χ1) is 6.38. The summed E-state index contributed by atoms with van der Waals surface area (Å²) in [5, 5.41) is 8.65. The molecule has 0 unspecified atom stereocenters. The van der Waals surface area contributed by atoms with Gasteiger partial charge in [0.1, 0.15) is 12.7 Å². The van der Waals surface area contributed by atoms with Crippen LogP contribution in [-0.2, 0) is 4.84 Å². The van der Waals surface area contributed by atoms with Gasteiger partial charge in [-0.2, -0.15) is 5.26 Å². The first-order valence-electron chi connectivity index (χ1n) is 3.54. The Bertz CT molecular complexity index is 362. The SMILES string of the molecule is C#CCONc1ccncc1C#N. The highest BCUT2D eigenvalue weighted by molar-refractivity contribution is 5.54. The summed E-state index contributed by atoms with van der Waals surface area (Å²) in [6.45, 7) is 0.146. The first-order valence-corrected chi connectivity index (χ1v) is 3.54. The number of terminal acetylenes is 1. The van der Waals surface area contributed by atoms with Gasteiger partial charge in [-0.25, -0.2) is 0 Å². The third-order valence-electron chi connectivity index (χ3n) is 1.28. The summed E-state index contributed by atoms with van der Waals surface area (Å²) >= 11 is 0. The second-order valence-electron chi connectivity index (χ2n) is 2.13. The van der Waals surface area contributed by atoms with Crippen LogP contribution in [-0.4, -0.2) is 11.6 Å². The molecule has 0 fully saturated rings. The Morgan fingerprint density at radius 1 is 1.69 bits per heavy atom. The van der Waals surface area contributed by atoms with Gasteiger partial charge < -0.3 is 0 Å². The van der Waals surface area contributed by atoms with E-state index in [1.807, 2.05) is 6.07 Å². The molecule has 13 heavy (non-hydrogen) atoms. The molecule has 0 saturated heterocycles. The molecule has 64 valence electrons. The summed E-state index contributed by atoms with van der Waals surface area (Å²) < 4.78 is 0. The zero-order valence-electron chi connectivity index (χ0n) is 6.82. The number of aromatic nitrogens is 1. The maximum absolute atomic E-state index is 8.65. The predicted molar refractivity (Wildman–Crippen MR) is 47.4 cm³/mol. The second kappa shape index (κ2) is 4.76. The van der Waals surface area contributed by atoms with Crippen LogP contribution >= 0.6 is 0 Å². The molecule has 1 rings (SSSR count). The topological polar surface area (TPSA) is 57.9 Å². The van der Waals surface area contributed by atoms with Crippen LogP contribution in [0.1, 0.15) is 5.56 Å². The van der Waals surface area contributed by atoms with Crippen LogP contribution in [0.5, 0.6) is 0 Å². The molecule has 1 N–H and O–H groups in total.